The summed E-state index contributed by atoms with van der Waals surface area (Å²) in [6.07, 6.45) is 1.64. The molecule has 0 fully saturated rings. The first-order chi connectivity index (χ1) is 12.1. The number of hydrogen-bond acceptors (Lipinski definition) is 4. The fraction of sp³-hybridized carbons (Fsp3) is 0.0500. The van der Waals surface area contributed by atoms with Crippen LogP contribution in [0, 0.1) is 0 Å². The van der Waals surface area contributed by atoms with Crippen molar-refractivity contribution in [3.63, 3.8) is 0 Å². The molecule has 0 spiro atoms. The first kappa shape index (κ1) is 15.7. The van der Waals surface area contributed by atoms with Gasteiger partial charge in [-0.2, -0.15) is 0 Å². The number of carbonyl (C=O) groups is 1. The summed E-state index contributed by atoms with van der Waals surface area (Å²) in [4.78, 5) is 12.7. The molecule has 0 amide bonds. The lowest BCUT2D eigenvalue weighted by Crippen LogP contribution is -1.98. The van der Waals surface area contributed by atoms with Gasteiger partial charge in [0, 0.05) is 5.39 Å². The second-order valence-corrected chi connectivity index (χ2v) is 6.51. The summed E-state index contributed by atoms with van der Waals surface area (Å²) in [6, 6.07) is 14.8. The van der Waals surface area contributed by atoms with Crippen molar-refractivity contribution in [3.8, 4) is 17.2 Å². The Morgan fingerprint density at radius 2 is 1.96 bits per heavy atom. The van der Waals surface area contributed by atoms with E-state index >= 15 is 0 Å². The van der Waals surface area contributed by atoms with E-state index in [0.717, 1.165) is 10.8 Å². The minimum absolute atomic E-state index is 0.0117. The number of Topliss-reactive ketones (excluding diaryl/α,β-unsaturated/α-hetero) is 1. The predicted molar refractivity (Wildman–Crippen MR) is 99.2 cm³/mol. The minimum Gasteiger partial charge on any atom is -0.503 e. The molecule has 0 saturated carbocycles. The normalized spacial score (nSPS) is 14.6. The lowest BCUT2D eigenvalue weighted by atomic mass is 10.0. The number of methoxy groups -OCH3 is 1. The molecule has 3 aromatic rings. The van der Waals surface area contributed by atoms with Crippen LogP contribution in [0.2, 0.25) is 0 Å². The fourth-order valence-electron chi connectivity index (χ4n) is 2.90. The Bertz CT molecular complexity index is 1050. The average Bonchev–Trinajstić information content (AvgIpc) is 2.94. The summed E-state index contributed by atoms with van der Waals surface area (Å²) < 4.78 is 11.5. The third kappa shape index (κ3) is 2.57. The zero-order chi connectivity index (χ0) is 17.6. The molecule has 1 heterocycles. The van der Waals surface area contributed by atoms with E-state index in [1.165, 1.54) is 7.11 Å². The summed E-state index contributed by atoms with van der Waals surface area (Å²) in [5, 5.41) is 11.8. The molecule has 1 aliphatic rings. The van der Waals surface area contributed by atoms with E-state index in [0.29, 0.717) is 27.1 Å². The van der Waals surface area contributed by atoms with Crippen LogP contribution in [-0.4, -0.2) is 18.0 Å². The van der Waals surface area contributed by atoms with Gasteiger partial charge in [-0.25, -0.2) is 0 Å². The summed E-state index contributed by atoms with van der Waals surface area (Å²) in [5.41, 5.74) is 1.23. The highest BCUT2D eigenvalue weighted by atomic mass is 79.9. The molecule has 1 aliphatic heterocycles. The number of phenolic OH excluding ortho intramolecular Hbond substituents is 1. The van der Waals surface area contributed by atoms with Crippen molar-refractivity contribution in [2.45, 2.75) is 0 Å². The van der Waals surface area contributed by atoms with E-state index in [2.05, 4.69) is 15.9 Å². The van der Waals surface area contributed by atoms with E-state index in [1.807, 2.05) is 30.3 Å². The highest BCUT2D eigenvalue weighted by Gasteiger charge is 2.29. The summed E-state index contributed by atoms with van der Waals surface area (Å²) in [7, 11) is 1.47. The first-order valence-electron chi connectivity index (χ1n) is 7.61. The molecule has 124 valence electrons. The van der Waals surface area contributed by atoms with E-state index in [-0.39, 0.29) is 17.3 Å². The molecule has 3 aromatic carbocycles. The van der Waals surface area contributed by atoms with Crippen molar-refractivity contribution >= 4 is 38.6 Å². The number of halogens is 1. The number of aromatic hydroxyl groups is 1. The van der Waals surface area contributed by atoms with Crippen molar-refractivity contribution in [1.29, 1.82) is 0 Å². The molecule has 0 bridgehead atoms. The maximum atomic E-state index is 12.7. The maximum absolute atomic E-state index is 12.7. The molecular weight excluding hydrogens is 384 g/mol. The van der Waals surface area contributed by atoms with E-state index in [4.69, 9.17) is 9.47 Å². The van der Waals surface area contributed by atoms with Crippen molar-refractivity contribution in [2.75, 3.05) is 7.11 Å². The van der Waals surface area contributed by atoms with Crippen LogP contribution in [0.4, 0.5) is 0 Å². The number of rotatable bonds is 2. The molecule has 4 nitrogen and oxygen atoms in total. The van der Waals surface area contributed by atoms with Crippen molar-refractivity contribution in [1.82, 2.24) is 0 Å². The van der Waals surface area contributed by atoms with Crippen LogP contribution in [0.1, 0.15) is 15.9 Å². The Kier molecular flexibility index (Phi) is 3.73. The van der Waals surface area contributed by atoms with Gasteiger partial charge in [-0.05, 0) is 51.2 Å². The highest BCUT2D eigenvalue weighted by Crippen LogP contribution is 2.40. The number of allylic oxidation sites excluding steroid dienone is 1. The Morgan fingerprint density at radius 1 is 1.16 bits per heavy atom. The van der Waals surface area contributed by atoms with Crippen LogP contribution in [0.25, 0.3) is 16.8 Å². The summed E-state index contributed by atoms with van der Waals surface area (Å²) >= 11 is 3.28. The number of hydrogen-bond donors (Lipinski definition) is 1. The van der Waals surface area contributed by atoms with Gasteiger partial charge >= 0.3 is 0 Å². The van der Waals surface area contributed by atoms with Crippen LogP contribution in [0.5, 0.6) is 17.2 Å². The number of ketones is 1. The molecule has 0 atom stereocenters. The standard InChI is InChI=1S/C20H13BrO4/c1-24-16-9-11(8-15(21)19(16)23)10-17-18(22)14-7-6-12-4-2-3-5-13(12)20(14)25-17/h2-10,23H,1H3/b17-10-. The van der Waals surface area contributed by atoms with Gasteiger partial charge in [-0.3, -0.25) is 4.79 Å². The van der Waals surface area contributed by atoms with Gasteiger partial charge in [0.25, 0.3) is 0 Å². The van der Waals surface area contributed by atoms with Gasteiger partial charge in [0.2, 0.25) is 5.78 Å². The lowest BCUT2D eigenvalue weighted by molar-refractivity contribution is 0.101. The van der Waals surface area contributed by atoms with Gasteiger partial charge in [-0.15, -0.1) is 0 Å². The Labute approximate surface area is 152 Å². The number of benzene rings is 3. The van der Waals surface area contributed by atoms with Crippen molar-refractivity contribution < 1.29 is 19.4 Å². The lowest BCUT2D eigenvalue weighted by Gasteiger charge is -2.07. The number of carbonyl (C=O) groups excluding carboxylic acids is 1. The molecule has 1 N–H and O–H groups in total. The average molecular weight is 397 g/mol. The second-order valence-electron chi connectivity index (χ2n) is 5.66. The zero-order valence-corrected chi connectivity index (χ0v) is 14.8. The van der Waals surface area contributed by atoms with E-state index in [9.17, 15) is 9.90 Å². The SMILES string of the molecule is COc1cc(/C=C2\Oc3c(ccc4ccccc34)C2=O)cc(Br)c1O. The molecule has 0 aliphatic carbocycles. The molecule has 0 unspecified atom stereocenters. The number of phenols is 1. The fourth-order valence-corrected chi connectivity index (χ4v) is 3.36. The predicted octanol–water partition coefficient (Wildman–Crippen LogP) is 4.93. The topological polar surface area (TPSA) is 55.8 Å². The molecule has 0 radical (unpaired) electrons. The first-order valence-corrected chi connectivity index (χ1v) is 8.40. The van der Waals surface area contributed by atoms with Crippen molar-refractivity contribution in [2.24, 2.45) is 0 Å². The van der Waals surface area contributed by atoms with Gasteiger partial charge < -0.3 is 14.6 Å². The van der Waals surface area contributed by atoms with Gasteiger partial charge in [-0.1, -0.05) is 30.3 Å². The summed E-state index contributed by atoms with van der Waals surface area (Å²) in [6.45, 7) is 0. The van der Waals surface area contributed by atoms with Gasteiger partial charge in [0.1, 0.15) is 5.75 Å². The molecule has 4 rings (SSSR count). The van der Waals surface area contributed by atoms with Gasteiger partial charge in [0.15, 0.2) is 17.3 Å². The smallest absolute Gasteiger partial charge is 0.231 e. The second kappa shape index (κ2) is 5.93. The molecule has 0 saturated heterocycles. The third-order valence-corrected chi connectivity index (χ3v) is 4.73. The van der Waals surface area contributed by atoms with Crippen LogP contribution >= 0.6 is 15.9 Å². The van der Waals surface area contributed by atoms with E-state index < -0.39 is 0 Å². The monoisotopic (exact) mass is 396 g/mol. The van der Waals surface area contributed by atoms with Gasteiger partial charge in [0.05, 0.1) is 17.1 Å². The van der Waals surface area contributed by atoms with Crippen LogP contribution < -0.4 is 9.47 Å². The molecule has 0 aromatic heterocycles. The van der Waals surface area contributed by atoms with Crippen LogP contribution in [0.3, 0.4) is 0 Å². The number of ether oxygens (including phenoxy) is 2. The van der Waals surface area contributed by atoms with E-state index in [1.54, 1.807) is 24.3 Å². The highest BCUT2D eigenvalue weighted by molar-refractivity contribution is 9.10. The zero-order valence-electron chi connectivity index (χ0n) is 13.2. The van der Waals surface area contributed by atoms with Crippen molar-refractivity contribution in [3.05, 3.63) is 69.9 Å². The Hall–Kier alpha value is -2.79. The third-order valence-electron chi connectivity index (χ3n) is 4.13. The molecular formula is C20H13BrO4. The maximum Gasteiger partial charge on any atom is 0.231 e. The Morgan fingerprint density at radius 3 is 2.76 bits per heavy atom. The number of fused-ring (bicyclic) bond motifs is 3. The Balaban J connectivity index is 1.80. The molecule has 25 heavy (non-hydrogen) atoms. The van der Waals surface area contributed by atoms with Crippen LogP contribution in [0.15, 0.2) is 58.8 Å². The summed E-state index contributed by atoms with van der Waals surface area (Å²) in [5.74, 6) is 0.987. The van der Waals surface area contributed by atoms with Crippen LogP contribution in [-0.2, 0) is 0 Å². The molecule has 5 heteroatoms. The minimum atomic E-state index is -0.163. The largest absolute Gasteiger partial charge is 0.503 e. The quantitative estimate of drug-likeness (QED) is 0.623.